The summed E-state index contributed by atoms with van der Waals surface area (Å²) in [6.45, 7) is 0.966. The molecule has 2 N–H and O–H groups in total. The van der Waals surface area contributed by atoms with Crippen molar-refractivity contribution in [3.05, 3.63) is 23.8 Å². The van der Waals surface area contributed by atoms with Crippen molar-refractivity contribution in [2.75, 3.05) is 6.61 Å². The highest BCUT2D eigenvalue weighted by Crippen LogP contribution is 2.23. The maximum Gasteiger partial charge on any atom is 0.392 e. The second-order valence-corrected chi connectivity index (χ2v) is 5.22. The van der Waals surface area contributed by atoms with Crippen molar-refractivity contribution in [2.24, 2.45) is 5.14 Å². The van der Waals surface area contributed by atoms with Gasteiger partial charge in [0.1, 0.15) is 5.75 Å². The summed E-state index contributed by atoms with van der Waals surface area (Å²) in [5, 5.41) is 4.95. The van der Waals surface area contributed by atoms with Gasteiger partial charge in [-0.1, -0.05) is 0 Å². The zero-order chi connectivity index (χ0) is 14.0. The molecule has 0 spiro atoms. The molecule has 0 aliphatic carbocycles. The van der Waals surface area contributed by atoms with Gasteiger partial charge in [-0.25, -0.2) is 13.6 Å². The van der Waals surface area contributed by atoms with E-state index in [-0.39, 0.29) is 10.6 Å². The average molecular weight is 283 g/mol. The molecule has 0 saturated heterocycles. The fraction of sp³-hybridized carbons (Fsp3) is 0.400. The molecule has 1 rings (SSSR count). The van der Waals surface area contributed by atoms with Crippen LogP contribution in [-0.4, -0.2) is 21.2 Å². The Morgan fingerprint density at radius 1 is 1.33 bits per heavy atom. The van der Waals surface area contributed by atoms with E-state index < -0.39 is 29.2 Å². The number of primary sulfonamides is 1. The van der Waals surface area contributed by atoms with Gasteiger partial charge in [-0.15, -0.1) is 0 Å². The van der Waals surface area contributed by atoms with Crippen LogP contribution >= 0.6 is 0 Å². The molecule has 8 heteroatoms. The van der Waals surface area contributed by atoms with E-state index in [1.807, 2.05) is 0 Å². The zero-order valence-corrected chi connectivity index (χ0v) is 10.3. The Morgan fingerprint density at radius 3 is 2.39 bits per heavy atom. The molecule has 1 aromatic rings. The summed E-state index contributed by atoms with van der Waals surface area (Å²) in [6, 6.07) is 3.80. The Balaban J connectivity index is 2.74. The molecule has 0 aliphatic rings. The van der Waals surface area contributed by atoms with Crippen LogP contribution in [0.25, 0.3) is 0 Å². The van der Waals surface area contributed by atoms with Crippen LogP contribution in [0.1, 0.15) is 12.0 Å². The van der Waals surface area contributed by atoms with Crippen LogP contribution < -0.4 is 9.88 Å². The maximum atomic E-state index is 11.9. The number of benzene rings is 1. The predicted molar refractivity (Wildman–Crippen MR) is 58.7 cm³/mol. The summed E-state index contributed by atoms with van der Waals surface area (Å²) in [5.74, 6) is 0.171. The summed E-state index contributed by atoms with van der Waals surface area (Å²) in [5.41, 5.74) is 0.321. The van der Waals surface area contributed by atoms with E-state index in [2.05, 4.69) is 0 Å². The largest absolute Gasteiger partial charge is 0.493 e. The fourth-order valence-corrected chi connectivity index (χ4v) is 2.08. The summed E-state index contributed by atoms with van der Waals surface area (Å²) in [6.07, 6.45) is -5.35. The molecule has 0 aromatic heterocycles. The lowest BCUT2D eigenvalue weighted by Gasteiger charge is -2.10. The Bertz CT molecular complexity index is 526. The van der Waals surface area contributed by atoms with Crippen LogP contribution in [0, 0.1) is 6.92 Å². The number of hydrogen-bond acceptors (Lipinski definition) is 3. The molecule has 0 radical (unpaired) electrons. The Labute approximate surface area is 103 Å². The second kappa shape index (κ2) is 5.15. The fourth-order valence-electron chi connectivity index (χ4n) is 1.32. The normalized spacial score (nSPS) is 12.5. The number of nitrogens with two attached hydrogens (primary N) is 1. The van der Waals surface area contributed by atoms with Crippen molar-refractivity contribution in [2.45, 2.75) is 24.4 Å². The van der Waals surface area contributed by atoms with Crippen LogP contribution in [-0.2, 0) is 10.0 Å². The van der Waals surface area contributed by atoms with E-state index in [1.165, 1.54) is 25.1 Å². The van der Waals surface area contributed by atoms with Crippen LogP contribution in [0.15, 0.2) is 23.1 Å². The number of sulfonamides is 1. The number of aryl methyl sites for hydroxylation is 1. The second-order valence-electron chi connectivity index (χ2n) is 3.69. The van der Waals surface area contributed by atoms with Gasteiger partial charge in [-0.2, -0.15) is 13.2 Å². The van der Waals surface area contributed by atoms with Crippen LogP contribution in [0.2, 0.25) is 0 Å². The highest BCUT2D eigenvalue weighted by atomic mass is 32.2. The monoisotopic (exact) mass is 283 g/mol. The van der Waals surface area contributed by atoms with Crippen molar-refractivity contribution in [1.82, 2.24) is 0 Å². The number of alkyl halides is 3. The minimum absolute atomic E-state index is 0.0781. The maximum absolute atomic E-state index is 11.9. The SMILES string of the molecule is Cc1cc(OCCC(F)(F)F)ccc1S(N)(=O)=O. The van der Waals surface area contributed by atoms with Gasteiger partial charge in [0.2, 0.25) is 10.0 Å². The van der Waals surface area contributed by atoms with Gasteiger partial charge in [0.05, 0.1) is 17.9 Å². The minimum Gasteiger partial charge on any atom is -0.493 e. The zero-order valence-electron chi connectivity index (χ0n) is 9.49. The van der Waals surface area contributed by atoms with Gasteiger partial charge in [-0.05, 0) is 30.7 Å². The quantitative estimate of drug-likeness (QED) is 0.918. The molecular weight excluding hydrogens is 271 g/mol. The van der Waals surface area contributed by atoms with Crippen LogP contribution in [0.3, 0.4) is 0 Å². The van der Waals surface area contributed by atoms with Crippen molar-refractivity contribution in [1.29, 1.82) is 0 Å². The topological polar surface area (TPSA) is 69.4 Å². The van der Waals surface area contributed by atoms with Gasteiger partial charge in [-0.3, -0.25) is 0 Å². The number of hydrogen-bond donors (Lipinski definition) is 1. The van der Waals surface area contributed by atoms with E-state index in [0.29, 0.717) is 5.56 Å². The van der Waals surface area contributed by atoms with Gasteiger partial charge < -0.3 is 4.74 Å². The molecule has 18 heavy (non-hydrogen) atoms. The third-order valence-corrected chi connectivity index (χ3v) is 3.18. The molecule has 0 atom stereocenters. The van der Waals surface area contributed by atoms with E-state index in [4.69, 9.17) is 9.88 Å². The average Bonchev–Trinajstić information content (AvgIpc) is 2.13. The predicted octanol–water partition coefficient (Wildman–Crippen LogP) is 1.97. The van der Waals surface area contributed by atoms with E-state index >= 15 is 0 Å². The smallest absolute Gasteiger partial charge is 0.392 e. The molecule has 4 nitrogen and oxygen atoms in total. The molecular formula is C10H12F3NO3S. The highest BCUT2D eigenvalue weighted by molar-refractivity contribution is 7.89. The lowest BCUT2D eigenvalue weighted by Crippen LogP contribution is -2.14. The summed E-state index contributed by atoms with van der Waals surface area (Å²) in [4.78, 5) is -0.0781. The van der Waals surface area contributed by atoms with Crippen molar-refractivity contribution in [3.8, 4) is 5.75 Å². The molecule has 1 aromatic carbocycles. The standard InChI is InChI=1S/C10H12F3NO3S/c1-7-6-8(17-5-4-10(11,12)13)2-3-9(7)18(14,15)16/h2-3,6H,4-5H2,1H3,(H2,14,15,16). The van der Waals surface area contributed by atoms with Gasteiger partial charge in [0.25, 0.3) is 0 Å². The molecule has 0 amide bonds. The highest BCUT2D eigenvalue weighted by Gasteiger charge is 2.26. The van der Waals surface area contributed by atoms with Gasteiger partial charge in [0.15, 0.2) is 0 Å². The van der Waals surface area contributed by atoms with Gasteiger partial charge in [0, 0.05) is 0 Å². The lowest BCUT2D eigenvalue weighted by atomic mass is 10.2. The molecule has 0 heterocycles. The summed E-state index contributed by atoms with van der Waals surface area (Å²) < 4.78 is 62.7. The van der Waals surface area contributed by atoms with Crippen LogP contribution in [0.5, 0.6) is 5.75 Å². The Hall–Kier alpha value is -1.28. The first kappa shape index (κ1) is 14.8. The Morgan fingerprint density at radius 2 is 1.94 bits per heavy atom. The van der Waals surface area contributed by atoms with Crippen molar-refractivity contribution < 1.29 is 26.3 Å². The Kier molecular flexibility index (Phi) is 4.23. The molecule has 0 saturated carbocycles. The first-order valence-electron chi connectivity index (χ1n) is 4.92. The first-order chi connectivity index (χ1) is 8.09. The van der Waals surface area contributed by atoms with Crippen molar-refractivity contribution in [3.63, 3.8) is 0 Å². The molecule has 0 aliphatic heterocycles. The van der Waals surface area contributed by atoms with Crippen molar-refractivity contribution >= 4 is 10.0 Å². The third-order valence-electron chi connectivity index (χ3n) is 2.11. The summed E-state index contributed by atoms with van der Waals surface area (Å²) in [7, 11) is -3.83. The van der Waals surface area contributed by atoms with E-state index in [0.717, 1.165) is 0 Å². The molecule has 0 fully saturated rings. The first-order valence-corrected chi connectivity index (χ1v) is 6.47. The van der Waals surface area contributed by atoms with Crippen LogP contribution in [0.4, 0.5) is 13.2 Å². The van der Waals surface area contributed by atoms with E-state index in [9.17, 15) is 21.6 Å². The molecule has 102 valence electrons. The molecule has 0 bridgehead atoms. The number of halogens is 3. The third kappa shape index (κ3) is 4.53. The number of ether oxygens (including phenoxy) is 1. The van der Waals surface area contributed by atoms with E-state index in [1.54, 1.807) is 0 Å². The van der Waals surface area contributed by atoms with Gasteiger partial charge >= 0.3 is 6.18 Å². The summed E-state index contributed by atoms with van der Waals surface area (Å²) >= 11 is 0. The number of rotatable bonds is 4. The minimum atomic E-state index is -4.28. The molecule has 0 unspecified atom stereocenters. The lowest BCUT2D eigenvalue weighted by molar-refractivity contribution is -0.139.